The molecule has 2 N–H and O–H groups in total. The van der Waals surface area contributed by atoms with E-state index >= 15 is 0 Å². The Morgan fingerprint density at radius 2 is 2.11 bits per heavy atom. The maximum absolute atomic E-state index is 5.70. The second-order valence-corrected chi connectivity index (χ2v) is 6.33. The molecular weight excluding hydrogens is 326 g/mol. The lowest BCUT2D eigenvalue weighted by Crippen LogP contribution is -2.15. The Bertz CT molecular complexity index is 513. The molecule has 0 aliphatic heterocycles. The first kappa shape index (κ1) is 14.6. The number of rotatable bonds is 6. The van der Waals surface area contributed by atoms with Crippen molar-refractivity contribution in [3.63, 3.8) is 0 Å². The number of benzene rings is 1. The van der Waals surface area contributed by atoms with Gasteiger partial charge in [-0.3, -0.25) is 0 Å². The molecule has 0 spiro atoms. The molecule has 0 saturated carbocycles. The van der Waals surface area contributed by atoms with Crippen LogP contribution in [0.4, 0.5) is 0 Å². The van der Waals surface area contributed by atoms with Crippen molar-refractivity contribution in [1.29, 1.82) is 0 Å². The zero-order valence-corrected chi connectivity index (χ0v) is 13.1. The number of thioether (sulfide) groups is 1. The van der Waals surface area contributed by atoms with E-state index in [0.29, 0.717) is 11.6 Å². The molecular formula is C13H16BrN3OS. The molecule has 4 nitrogen and oxygen atoms in total. The first-order valence-corrected chi connectivity index (χ1v) is 7.87. The second kappa shape index (κ2) is 7.07. The summed E-state index contributed by atoms with van der Waals surface area (Å²) in [5.74, 6) is 2.11. The quantitative estimate of drug-likeness (QED) is 0.815. The van der Waals surface area contributed by atoms with Crippen molar-refractivity contribution in [3.05, 3.63) is 40.5 Å². The van der Waals surface area contributed by atoms with Gasteiger partial charge in [0.25, 0.3) is 0 Å². The van der Waals surface area contributed by atoms with E-state index in [2.05, 4.69) is 38.2 Å². The molecule has 2 rings (SSSR count). The van der Waals surface area contributed by atoms with Crippen molar-refractivity contribution < 1.29 is 4.52 Å². The van der Waals surface area contributed by atoms with E-state index < -0.39 is 0 Å². The first-order chi connectivity index (χ1) is 9.13. The van der Waals surface area contributed by atoms with Crippen LogP contribution < -0.4 is 5.73 Å². The van der Waals surface area contributed by atoms with Gasteiger partial charge in [-0.05, 0) is 37.6 Å². The van der Waals surface area contributed by atoms with E-state index in [9.17, 15) is 0 Å². The highest BCUT2D eigenvalue weighted by Gasteiger charge is 2.07. The molecule has 102 valence electrons. The molecule has 19 heavy (non-hydrogen) atoms. The van der Waals surface area contributed by atoms with E-state index in [4.69, 9.17) is 10.3 Å². The van der Waals surface area contributed by atoms with Crippen LogP contribution in [0.25, 0.3) is 0 Å². The highest BCUT2D eigenvalue weighted by atomic mass is 79.9. The van der Waals surface area contributed by atoms with Crippen LogP contribution in [0.2, 0.25) is 0 Å². The second-order valence-electron chi connectivity index (χ2n) is 4.36. The van der Waals surface area contributed by atoms with Crippen LogP contribution in [0.5, 0.6) is 0 Å². The monoisotopic (exact) mass is 341 g/mol. The topological polar surface area (TPSA) is 64.9 Å². The number of aryl methyl sites for hydroxylation is 1. The summed E-state index contributed by atoms with van der Waals surface area (Å²) in [6.07, 6.45) is 1.61. The first-order valence-electron chi connectivity index (χ1n) is 6.09. The van der Waals surface area contributed by atoms with Gasteiger partial charge in [0, 0.05) is 21.8 Å². The molecule has 0 aliphatic carbocycles. The fourth-order valence-electron chi connectivity index (χ4n) is 1.48. The Morgan fingerprint density at radius 1 is 1.37 bits per heavy atom. The van der Waals surface area contributed by atoms with E-state index in [1.165, 1.54) is 4.90 Å². The standard InChI is InChI=1S/C13H16BrN3OS/c1-9(15)2-7-13-16-12(17-18-13)8-19-11-5-3-10(14)4-6-11/h3-6,9H,2,7-8,15H2,1H3. The van der Waals surface area contributed by atoms with Crippen molar-refractivity contribution in [2.24, 2.45) is 5.73 Å². The average Bonchev–Trinajstić information content (AvgIpc) is 2.84. The Labute approximate surface area is 125 Å². The SMILES string of the molecule is CC(N)CCc1nc(CSc2ccc(Br)cc2)no1. The molecule has 0 fully saturated rings. The summed E-state index contributed by atoms with van der Waals surface area (Å²) in [7, 11) is 0. The fourth-order valence-corrected chi connectivity index (χ4v) is 2.49. The van der Waals surface area contributed by atoms with Crippen LogP contribution >= 0.6 is 27.7 Å². The summed E-state index contributed by atoms with van der Waals surface area (Å²) in [6.45, 7) is 1.97. The molecule has 1 unspecified atom stereocenters. The van der Waals surface area contributed by atoms with E-state index in [-0.39, 0.29) is 6.04 Å². The molecule has 0 amide bonds. The van der Waals surface area contributed by atoms with Gasteiger partial charge in [-0.2, -0.15) is 4.98 Å². The van der Waals surface area contributed by atoms with Crippen LogP contribution in [0.3, 0.4) is 0 Å². The van der Waals surface area contributed by atoms with Crippen LogP contribution in [0.1, 0.15) is 25.1 Å². The zero-order chi connectivity index (χ0) is 13.7. The van der Waals surface area contributed by atoms with Gasteiger partial charge in [0.15, 0.2) is 5.82 Å². The number of aromatic nitrogens is 2. The van der Waals surface area contributed by atoms with Crippen molar-refractivity contribution >= 4 is 27.7 Å². The van der Waals surface area contributed by atoms with Gasteiger partial charge in [-0.1, -0.05) is 21.1 Å². The summed E-state index contributed by atoms with van der Waals surface area (Å²) >= 11 is 5.10. The lowest BCUT2D eigenvalue weighted by Gasteiger charge is -1.99. The van der Waals surface area contributed by atoms with Gasteiger partial charge in [0.2, 0.25) is 5.89 Å². The van der Waals surface area contributed by atoms with Gasteiger partial charge >= 0.3 is 0 Å². The van der Waals surface area contributed by atoms with E-state index in [1.54, 1.807) is 11.8 Å². The molecule has 0 aliphatic rings. The minimum absolute atomic E-state index is 0.160. The largest absolute Gasteiger partial charge is 0.339 e. The third-order valence-electron chi connectivity index (χ3n) is 2.51. The number of hydrogen-bond acceptors (Lipinski definition) is 5. The molecule has 1 aromatic carbocycles. The van der Waals surface area contributed by atoms with Crippen molar-refractivity contribution in [3.8, 4) is 0 Å². The van der Waals surface area contributed by atoms with Crippen LogP contribution in [-0.4, -0.2) is 16.2 Å². The Hall–Kier alpha value is -0.850. The minimum atomic E-state index is 0.160. The van der Waals surface area contributed by atoms with Gasteiger partial charge in [0.05, 0.1) is 5.75 Å². The molecule has 1 heterocycles. The molecule has 0 radical (unpaired) electrons. The normalized spacial score (nSPS) is 12.6. The number of nitrogens with zero attached hydrogens (tertiary/aromatic N) is 2. The van der Waals surface area contributed by atoms with E-state index in [1.807, 2.05) is 19.1 Å². The maximum atomic E-state index is 5.70. The summed E-state index contributed by atoms with van der Waals surface area (Å²) in [5, 5.41) is 3.97. The fraction of sp³-hybridized carbons (Fsp3) is 0.385. The number of nitrogens with two attached hydrogens (primary N) is 1. The lowest BCUT2D eigenvalue weighted by molar-refractivity contribution is 0.368. The Morgan fingerprint density at radius 3 is 2.79 bits per heavy atom. The van der Waals surface area contributed by atoms with Gasteiger partial charge in [-0.25, -0.2) is 0 Å². The number of halogens is 1. The molecule has 2 aromatic rings. The molecule has 1 atom stereocenters. The lowest BCUT2D eigenvalue weighted by atomic mass is 10.2. The van der Waals surface area contributed by atoms with Crippen LogP contribution in [0.15, 0.2) is 38.2 Å². The third kappa shape index (κ3) is 4.97. The molecule has 6 heteroatoms. The van der Waals surface area contributed by atoms with E-state index in [0.717, 1.165) is 23.1 Å². The predicted molar refractivity (Wildman–Crippen MR) is 80.0 cm³/mol. The van der Waals surface area contributed by atoms with Gasteiger partial charge in [0.1, 0.15) is 0 Å². The minimum Gasteiger partial charge on any atom is -0.339 e. The maximum Gasteiger partial charge on any atom is 0.226 e. The van der Waals surface area contributed by atoms with Crippen molar-refractivity contribution in [2.45, 2.75) is 36.5 Å². The summed E-state index contributed by atoms with van der Waals surface area (Å²) in [4.78, 5) is 5.54. The van der Waals surface area contributed by atoms with Crippen LogP contribution in [0, 0.1) is 0 Å². The zero-order valence-electron chi connectivity index (χ0n) is 10.7. The van der Waals surface area contributed by atoms with Gasteiger partial charge in [-0.15, -0.1) is 11.8 Å². The average molecular weight is 342 g/mol. The van der Waals surface area contributed by atoms with Crippen molar-refractivity contribution in [2.75, 3.05) is 0 Å². The predicted octanol–water partition coefficient (Wildman–Crippen LogP) is 3.40. The third-order valence-corrected chi connectivity index (χ3v) is 4.04. The summed E-state index contributed by atoms with van der Waals surface area (Å²) in [6, 6.07) is 8.32. The summed E-state index contributed by atoms with van der Waals surface area (Å²) in [5.41, 5.74) is 5.70. The van der Waals surface area contributed by atoms with Crippen molar-refractivity contribution in [1.82, 2.24) is 10.1 Å². The molecule has 0 bridgehead atoms. The molecule has 0 saturated heterocycles. The smallest absolute Gasteiger partial charge is 0.226 e. The molecule has 1 aromatic heterocycles. The van der Waals surface area contributed by atoms with Crippen LogP contribution in [-0.2, 0) is 12.2 Å². The Kier molecular flexibility index (Phi) is 5.42. The highest BCUT2D eigenvalue weighted by molar-refractivity contribution is 9.10. The number of hydrogen-bond donors (Lipinski definition) is 1. The Balaban J connectivity index is 1.84. The van der Waals surface area contributed by atoms with Gasteiger partial charge < -0.3 is 10.3 Å². The summed E-state index contributed by atoms with van der Waals surface area (Å²) < 4.78 is 6.26. The highest BCUT2D eigenvalue weighted by Crippen LogP contribution is 2.23.